The first-order chi connectivity index (χ1) is 6.88. The van der Waals surface area contributed by atoms with Crippen molar-refractivity contribution >= 4 is 0 Å². The van der Waals surface area contributed by atoms with Gasteiger partial charge in [0.1, 0.15) is 0 Å². The minimum absolute atomic E-state index is 0.794. The fraction of sp³-hybridized carbons (Fsp3) is 0.385. The van der Waals surface area contributed by atoms with E-state index in [2.05, 4.69) is 23.4 Å². The lowest BCUT2D eigenvalue weighted by molar-refractivity contribution is 0.580. The maximum atomic E-state index is 5.36. The van der Waals surface area contributed by atoms with Gasteiger partial charge in [-0.3, -0.25) is 0 Å². The van der Waals surface area contributed by atoms with E-state index in [1.807, 2.05) is 12.1 Å². The standard InChI is InChI=1S/C13H15N/c1-2-11-4-3-5-12(8-11)9-13-6-7-14-10-13/h1,3-5,8,13-14H,6-7,9-10H2. The van der Waals surface area contributed by atoms with Crippen LogP contribution in [-0.4, -0.2) is 13.1 Å². The lowest BCUT2D eigenvalue weighted by Crippen LogP contribution is -2.10. The molecular weight excluding hydrogens is 170 g/mol. The molecule has 1 aliphatic rings. The van der Waals surface area contributed by atoms with E-state index in [0.29, 0.717) is 0 Å². The van der Waals surface area contributed by atoms with Gasteiger partial charge in [-0.1, -0.05) is 18.1 Å². The highest BCUT2D eigenvalue weighted by atomic mass is 14.9. The number of rotatable bonds is 2. The van der Waals surface area contributed by atoms with Crippen LogP contribution in [0.5, 0.6) is 0 Å². The summed E-state index contributed by atoms with van der Waals surface area (Å²) in [7, 11) is 0. The first-order valence-electron chi connectivity index (χ1n) is 5.15. The molecule has 1 aromatic carbocycles. The Balaban J connectivity index is 2.05. The molecule has 1 fully saturated rings. The van der Waals surface area contributed by atoms with Gasteiger partial charge < -0.3 is 5.32 Å². The molecule has 1 atom stereocenters. The summed E-state index contributed by atoms with van der Waals surface area (Å²) in [5.74, 6) is 3.47. The molecule has 1 aromatic rings. The van der Waals surface area contributed by atoms with E-state index in [9.17, 15) is 0 Å². The third-order valence-corrected chi connectivity index (χ3v) is 2.78. The molecule has 1 unspecified atom stereocenters. The number of nitrogens with one attached hydrogen (secondary N) is 1. The summed E-state index contributed by atoms with van der Waals surface area (Å²) in [6.07, 6.45) is 7.81. The molecule has 0 radical (unpaired) electrons. The van der Waals surface area contributed by atoms with Crippen molar-refractivity contribution in [3.8, 4) is 12.3 Å². The molecule has 0 aromatic heterocycles. The normalized spacial score (nSPS) is 20.6. The van der Waals surface area contributed by atoms with Crippen molar-refractivity contribution in [3.63, 3.8) is 0 Å². The van der Waals surface area contributed by atoms with Crippen molar-refractivity contribution in [2.45, 2.75) is 12.8 Å². The van der Waals surface area contributed by atoms with Gasteiger partial charge in [0.15, 0.2) is 0 Å². The van der Waals surface area contributed by atoms with Crippen molar-refractivity contribution in [2.24, 2.45) is 5.92 Å². The quantitative estimate of drug-likeness (QED) is 0.693. The van der Waals surface area contributed by atoms with Crippen LogP contribution in [0.4, 0.5) is 0 Å². The molecule has 0 amide bonds. The minimum Gasteiger partial charge on any atom is -0.316 e. The van der Waals surface area contributed by atoms with E-state index >= 15 is 0 Å². The van der Waals surface area contributed by atoms with Crippen LogP contribution >= 0.6 is 0 Å². The zero-order valence-electron chi connectivity index (χ0n) is 8.29. The van der Waals surface area contributed by atoms with Crippen molar-refractivity contribution in [3.05, 3.63) is 35.4 Å². The van der Waals surface area contributed by atoms with Gasteiger partial charge >= 0.3 is 0 Å². The van der Waals surface area contributed by atoms with Crippen LogP contribution in [0.15, 0.2) is 24.3 Å². The largest absolute Gasteiger partial charge is 0.316 e. The van der Waals surface area contributed by atoms with Gasteiger partial charge in [0.25, 0.3) is 0 Å². The summed E-state index contributed by atoms with van der Waals surface area (Å²) in [6.45, 7) is 2.32. The maximum absolute atomic E-state index is 5.36. The van der Waals surface area contributed by atoms with Gasteiger partial charge in [-0.25, -0.2) is 0 Å². The summed E-state index contributed by atoms with van der Waals surface area (Å²) in [5, 5.41) is 3.38. The molecule has 14 heavy (non-hydrogen) atoms. The van der Waals surface area contributed by atoms with Gasteiger partial charge in [0.05, 0.1) is 0 Å². The predicted octanol–water partition coefficient (Wildman–Crippen LogP) is 1.82. The van der Waals surface area contributed by atoms with Gasteiger partial charge in [0, 0.05) is 5.56 Å². The molecule has 1 nitrogen and oxygen atoms in total. The Kier molecular flexibility index (Phi) is 2.86. The Labute approximate surface area is 85.5 Å². The summed E-state index contributed by atoms with van der Waals surface area (Å²) in [6, 6.07) is 8.32. The SMILES string of the molecule is C#Cc1cccc(CC2CCNC2)c1. The van der Waals surface area contributed by atoms with Gasteiger partial charge in [-0.15, -0.1) is 6.42 Å². The number of hydrogen-bond acceptors (Lipinski definition) is 1. The average Bonchev–Trinajstić information content (AvgIpc) is 2.71. The molecule has 0 saturated carbocycles. The Bertz CT molecular complexity index is 342. The lowest BCUT2D eigenvalue weighted by atomic mass is 9.97. The fourth-order valence-electron chi connectivity index (χ4n) is 2.01. The predicted molar refractivity (Wildman–Crippen MR) is 59.1 cm³/mol. The van der Waals surface area contributed by atoms with Crippen molar-refractivity contribution in [2.75, 3.05) is 13.1 Å². The summed E-state index contributed by atoms with van der Waals surface area (Å²) < 4.78 is 0. The maximum Gasteiger partial charge on any atom is 0.0245 e. The van der Waals surface area contributed by atoms with E-state index in [1.54, 1.807) is 0 Å². The van der Waals surface area contributed by atoms with E-state index < -0.39 is 0 Å². The van der Waals surface area contributed by atoms with Gasteiger partial charge in [-0.05, 0) is 49.5 Å². The Morgan fingerprint density at radius 2 is 2.43 bits per heavy atom. The Morgan fingerprint density at radius 1 is 1.50 bits per heavy atom. The van der Waals surface area contributed by atoms with Crippen LogP contribution < -0.4 is 5.32 Å². The van der Waals surface area contributed by atoms with Crippen LogP contribution in [0.25, 0.3) is 0 Å². The second-order valence-corrected chi connectivity index (χ2v) is 3.91. The zero-order chi connectivity index (χ0) is 9.80. The van der Waals surface area contributed by atoms with Crippen LogP contribution in [-0.2, 0) is 6.42 Å². The summed E-state index contributed by atoms with van der Waals surface area (Å²) in [4.78, 5) is 0. The number of terminal acetylenes is 1. The smallest absolute Gasteiger partial charge is 0.0245 e. The molecular formula is C13H15N. The first kappa shape index (κ1) is 9.30. The summed E-state index contributed by atoms with van der Waals surface area (Å²) >= 11 is 0. The minimum atomic E-state index is 0.794. The fourth-order valence-corrected chi connectivity index (χ4v) is 2.01. The van der Waals surface area contributed by atoms with Crippen LogP contribution in [0.1, 0.15) is 17.5 Å². The lowest BCUT2D eigenvalue weighted by Gasteiger charge is -2.07. The van der Waals surface area contributed by atoms with Crippen LogP contribution in [0.2, 0.25) is 0 Å². The average molecular weight is 185 g/mol. The first-order valence-corrected chi connectivity index (χ1v) is 5.15. The van der Waals surface area contributed by atoms with Gasteiger partial charge in [-0.2, -0.15) is 0 Å². The summed E-state index contributed by atoms with van der Waals surface area (Å²) in [5.41, 5.74) is 2.36. The second kappa shape index (κ2) is 4.30. The van der Waals surface area contributed by atoms with Crippen molar-refractivity contribution < 1.29 is 0 Å². The molecule has 0 bridgehead atoms. The monoisotopic (exact) mass is 185 g/mol. The van der Waals surface area contributed by atoms with E-state index in [1.165, 1.54) is 18.5 Å². The molecule has 1 heteroatoms. The molecule has 1 aliphatic heterocycles. The second-order valence-electron chi connectivity index (χ2n) is 3.91. The molecule has 2 rings (SSSR count). The molecule has 1 heterocycles. The molecule has 1 saturated heterocycles. The zero-order valence-corrected chi connectivity index (χ0v) is 8.29. The van der Waals surface area contributed by atoms with Gasteiger partial charge in [0.2, 0.25) is 0 Å². The molecule has 72 valence electrons. The van der Waals surface area contributed by atoms with Crippen LogP contribution in [0, 0.1) is 18.3 Å². The third-order valence-electron chi connectivity index (χ3n) is 2.78. The number of hydrogen-bond donors (Lipinski definition) is 1. The third kappa shape index (κ3) is 2.16. The van der Waals surface area contributed by atoms with Crippen molar-refractivity contribution in [1.29, 1.82) is 0 Å². The Morgan fingerprint density at radius 3 is 3.14 bits per heavy atom. The molecule has 0 spiro atoms. The molecule has 0 aliphatic carbocycles. The van der Waals surface area contributed by atoms with Crippen LogP contribution in [0.3, 0.4) is 0 Å². The number of benzene rings is 1. The highest BCUT2D eigenvalue weighted by Crippen LogP contribution is 2.15. The topological polar surface area (TPSA) is 12.0 Å². The molecule has 1 N–H and O–H groups in total. The van der Waals surface area contributed by atoms with E-state index in [0.717, 1.165) is 24.4 Å². The van der Waals surface area contributed by atoms with E-state index in [-0.39, 0.29) is 0 Å². The Hall–Kier alpha value is -1.26. The highest BCUT2D eigenvalue weighted by molar-refractivity contribution is 5.35. The van der Waals surface area contributed by atoms with E-state index in [4.69, 9.17) is 6.42 Å². The highest BCUT2D eigenvalue weighted by Gasteiger charge is 2.14. The van der Waals surface area contributed by atoms with Crippen molar-refractivity contribution in [1.82, 2.24) is 5.32 Å².